The number of aldehydes is 1. The predicted molar refractivity (Wildman–Crippen MR) is 48.9 cm³/mol. The molecule has 3 nitrogen and oxygen atoms in total. The smallest absolute Gasteiger partial charge is 0.160 e. The zero-order valence-electron chi connectivity index (χ0n) is 7.27. The van der Waals surface area contributed by atoms with Crippen LogP contribution in [-0.4, -0.2) is 18.0 Å². The van der Waals surface area contributed by atoms with Crippen LogP contribution in [0.5, 0.6) is 11.5 Å². The van der Waals surface area contributed by atoms with Gasteiger partial charge in [-0.05, 0) is 18.6 Å². The molecule has 0 bridgehead atoms. The molecule has 0 saturated heterocycles. The van der Waals surface area contributed by atoms with E-state index in [-0.39, 0.29) is 5.75 Å². The number of unbranched alkanes of at least 4 members (excludes halogenated alkanes) is 1. The van der Waals surface area contributed by atoms with Gasteiger partial charge < -0.3 is 14.6 Å². The summed E-state index contributed by atoms with van der Waals surface area (Å²) in [6.07, 6.45) is 2.03. The molecule has 0 saturated carbocycles. The van der Waals surface area contributed by atoms with E-state index in [2.05, 4.69) is 0 Å². The van der Waals surface area contributed by atoms with Crippen molar-refractivity contribution in [3.8, 4) is 11.5 Å². The molecule has 0 aliphatic rings. The molecule has 13 heavy (non-hydrogen) atoms. The summed E-state index contributed by atoms with van der Waals surface area (Å²) in [5.74, 6) is 0.599. The van der Waals surface area contributed by atoms with E-state index in [0.717, 1.165) is 6.29 Å². The van der Waals surface area contributed by atoms with Gasteiger partial charge in [0.05, 0.1) is 6.61 Å². The quantitative estimate of drug-likeness (QED) is 0.554. The van der Waals surface area contributed by atoms with Gasteiger partial charge in [-0.1, -0.05) is 12.1 Å². The summed E-state index contributed by atoms with van der Waals surface area (Å²) < 4.78 is 5.23. The zero-order chi connectivity index (χ0) is 9.52. The summed E-state index contributed by atoms with van der Waals surface area (Å²) in [6, 6.07) is 6.77. The third-order valence-corrected chi connectivity index (χ3v) is 1.59. The van der Waals surface area contributed by atoms with E-state index in [1.54, 1.807) is 24.3 Å². The Kier molecular flexibility index (Phi) is 3.82. The molecule has 1 N–H and O–H groups in total. The van der Waals surface area contributed by atoms with Crippen LogP contribution in [0.3, 0.4) is 0 Å². The fourth-order valence-electron chi connectivity index (χ4n) is 0.928. The first-order valence-corrected chi connectivity index (χ1v) is 4.19. The van der Waals surface area contributed by atoms with E-state index < -0.39 is 0 Å². The van der Waals surface area contributed by atoms with Gasteiger partial charge in [-0.3, -0.25) is 0 Å². The number of aromatic hydroxyl groups is 1. The van der Waals surface area contributed by atoms with Crippen molar-refractivity contribution in [2.24, 2.45) is 0 Å². The molecular formula is C10H12O3. The maximum atomic E-state index is 9.98. The summed E-state index contributed by atoms with van der Waals surface area (Å²) >= 11 is 0. The Morgan fingerprint density at radius 3 is 2.85 bits per heavy atom. The lowest BCUT2D eigenvalue weighted by Gasteiger charge is -2.05. The van der Waals surface area contributed by atoms with Gasteiger partial charge in [-0.15, -0.1) is 0 Å². The molecule has 0 aromatic heterocycles. The maximum absolute atomic E-state index is 9.98. The van der Waals surface area contributed by atoms with Gasteiger partial charge >= 0.3 is 0 Å². The number of hydrogen-bond donors (Lipinski definition) is 1. The molecule has 0 aliphatic carbocycles. The number of carbonyl (C=O) groups excluding carboxylic acids is 1. The van der Waals surface area contributed by atoms with Crippen molar-refractivity contribution in [1.82, 2.24) is 0 Å². The van der Waals surface area contributed by atoms with Crippen LogP contribution >= 0.6 is 0 Å². The zero-order valence-corrected chi connectivity index (χ0v) is 7.27. The second-order valence-electron chi connectivity index (χ2n) is 2.63. The minimum atomic E-state index is 0.133. The number of rotatable bonds is 5. The van der Waals surface area contributed by atoms with Gasteiger partial charge in [-0.25, -0.2) is 0 Å². The molecule has 1 rings (SSSR count). The SMILES string of the molecule is O=CCCCOc1ccccc1O. The van der Waals surface area contributed by atoms with Crippen LogP contribution in [0.1, 0.15) is 12.8 Å². The summed E-state index contributed by atoms with van der Waals surface area (Å²) in [5.41, 5.74) is 0. The fraction of sp³-hybridized carbons (Fsp3) is 0.300. The van der Waals surface area contributed by atoms with E-state index >= 15 is 0 Å². The van der Waals surface area contributed by atoms with Gasteiger partial charge in [-0.2, -0.15) is 0 Å². The van der Waals surface area contributed by atoms with Crippen LogP contribution in [-0.2, 0) is 4.79 Å². The maximum Gasteiger partial charge on any atom is 0.160 e. The van der Waals surface area contributed by atoms with E-state index in [0.29, 0.717) is 25.2 Å². The highest BCUT2D eigenvalue weighted by Crippen LogP contribution is 2.24. The van der Waals surface area contributed by atoms with Crippen molar-refractivity contribution in [2.75, 3.05) is 6.61 Å². The number of ether oxygens (including phenoxy) is 1. The van der Waals surface area contributed by atoms with Crippen molar-refractivity contribution >= 4 is 6.29 Å². The summed E-state index contributed by atoms with van der Waals surface area (Å²) in [7, 11) is 0. The monoisotopic (exact) mass is 180 g/mol. The van der Waals surface area contributed by atoms with Crippen molar-refractivity contribution in [1.29, 1.82) is 0 Å². The number of carbonyl (C=O) groups is 1. The average Bonchev–Trinajstić information content (AvgIpc) is 2.15. The van der Waals surface area contributed by atoms with E-state index in [4.69, 9.17) is 4.74 Å². The normalized spacial score (nSPS) is 9.54. The Hall–Kier alpha value is -1.51. The Morgan fingerprint density at radius 1 is 1.38 bits per heavy atom. The third kappa shape index (κ3) is 3.15. The molecule has 0 amide bonds. The molecule has 0 unspecified atom stereocenters. The molecule has 70 valence electrons. The summed E-state index contributed by atoms with van der Waals surface area (Å²) in [6.45, 7) is 0.455. The Labute approximate surface area is 77.0 Å². The molecule has 3 heteroatoms. The molecule has 0 spiro atoms. The molecule has 0 heterocycles. The lowest BCUT2D eigenvalue weighted by molar-refractivity contribution is -0.108. The van der Waals surface area contributed by atoms with Crippen LogP contribution in [0.4, 0.5) is 0 Å². The molecule has 0 fully saturated rings. The van der Waals surface area contributed by atoms with Crippen molar-refractivity contribution in [3.63, 3.8) is 0 Å². The molecular weight excluding hydrogens is 168 g/mol. The van der Waals surface area contributed by atoms with E-state index in [1.165, 1.54) is 0 Å². The van der Waals surface area contributed by atoms with E-state index in [1.807, 2.05) is 0 Å². The van der Waals surface area contributed by atoms with Crippen molar-refractivity contribution in [2.45, 2.75) is 12.8 Å². The van der Waals surface area contributed by atoms with Gasteiger partial charge in [0.25, 0.3) is 0 Å². The Morgan fingerprint density at radius 2 is 2.15 bits per heavy atom. The highest BCUT2D eigenvalue weighted by atomic mass is 16.5. The number of phenols is 1. The van der Waals surface area contributed by atoms with Crippen molar-refractivity contribution in [3.05, 3.63) is 24.3 Å². The predicted octanol–water partition coefficient (Wildman–Crippen LogP) is 1.75. The standard InChI is InChI=1S/C10H12O3/c11-7-3-4-8-13-10-6-2-1-5-9(10)12/h1-2,5-7,12H,3-4,8H2. The molecule has 0 aliphatic heterocycles. The van der Waals surface area contributed by atoms with Gasteiger partial charge in [0.2, 0.25) is 0 Å². The average molecular weight is 180 g/mol. The number of phenolic OH excluding ortho intramolecular Hbond substituents is 1. The van der Waals surface area contributed by atoms with Crippen LogP contribution in [0.25, 0.3) is 0 Å². The lowest BCUT2D eigenvalue weighted by Crippen LogP contribution is -1.97. The van der Waals surface area contributed by atoms with Crippen LogP contribution in [0, 0.1) is 0 Å². The minimum Gasteiger partial charge on any atom is -0.504 e. The van der Waals surface area contributed by atoms with E-state index in [9.17, 15) is 9.90 Å². The van der Waals surface area contributed by atoms with Crippen LogP contribution in [0.2, 0.25) is 0 Å². The Bertz CT molecular complexity index is 271. The lowest BCUT2D eigenvalue weighted by atomic mass is 10.3. The van der Waals surface area contributed by atoms with Crippen molar-refractivity contribution < 1.29 is 14.6 Å². The first-order valence-electron chi connectivity index (χ1n) is 4.19. The summed E-state index contributed by atoms with van der Waals surface area (Å²) in [4.78, 5) is 9.98. The first-order chi connectivity index (χ1) is 6.34. The first kappa shape index (κ1) is 9.58. The second kappa shape index (κ2) is 5.19. The highest BCUT2D eigenvalue weighted by Gasteiger charge is 1.98. The molecule has 0 atom stereocenters. The number of para-hydroxylation sites is 2. The minimum absolute atomic E-state index is 0.133. The second-order valence-corrected chi connectivity index (χ2v) is 2.63. The fourth-order valence-corrected chi connectivity index (χ4v) is 0.928. The number of hydrogen-bond acceptors (Lipinski definition) is 3. The van der Waals surface area contributed by atoms with Crippen LogP contribution < -0.4 is 4.74 Å². The largest absolute Gasteiger partial charge is 0.504 e. The topological polar surface area (TPSA) is 46.5 Å². The van der Waals surface area contributed by atoms with Gasteiger partial charge in [0.1, 0.15) is 6.29 Å². The third-order valence-electron chi connectivity index (χ3n) is 1.59. The molecule has 1 aromatic carbocycles. The van der Waals surface area contributed by atoms with Gasteiger partial charge in [0.15, 0.2) is 11.5 Å². The van der Waals surface area contributed by atoms with Gasteiger partial charge in [0, 0.05) is 6.42 Å². The molecule has 0 radical (unpaired) electrons. The molecule has 1 aromatic rings. The highest BCUT2D eigenvalue weighted by molar-refractivity contribution is 5.49. The summed E-state index contributed by atoms with van der Waals surface area (Å²) in [5, 5.41) is 9.27. The van der Waals surface area contributed by atoms with Crippen LogP contribution in [0.15, 0.2) is 24.3 Å². The number of benzene rings is 1. The Balaban J connectivity index is 2.36.